The third-order valence-electron chi connectivity index (χ3n) is 2.69. The van der Waals surface area contributed by atoms with Gasteiger partial charge in [-0.05, 0) is 17.9 Å². The van der Waals surface area contributed by atoms with E-state index >= 15 is 0 Å². The first-order valence-corrected chi connectivity index (χ1v) is 7.00. The lowest BCUT2D eigenvalue weighted by Crippen LogP contribution is -2.42. The Hall–Kier alpha value is -1.03. The van der Waals surface area contributed by atoms with E-state index in [1.807, 2.05) is 6.07 Å². The number of urea groups is 1. The average molecular weight is 254 g/mol. The van der Waals surface area contributed by atoms with Gasteiger partial charge in [-0.2, -0.15) is 0 Å². The molecule has 1 aromatic heterocycles. The summed E-state index contributed by atoms with van der Waals surface area (Å²) in [6, 6.07) is 4.09. The van der Waals surface area contributed by atoms with Gasteiger partial charge in [0.1, 0.15) is 0 Å². The first-order chi connectivity index (χ1) is 8.06. The van der Waals surface area contributed by atoms with Crippen molar-refractivity contribution in [3.05, 3.63) is 22.4 Å². The lowest BCUT2D eigenvalue weighted by molar-refractivity contribution is 0.238. The maximum Gasteiger partial charge on any atom is 0.314 e. The largest absolute Gasteiger partial charge is 0.338 e. The van der Waals surface area contributed by atoms with Crippen LogP contribution in [0.25, 0.3) is 0 Å². The Morgan fingerprint density at radius 3 is 2.76 bits per heavy atom. The fourth-order valence-electron chi connectivity index (χ4n) is 1.49. The highest BCUT2D eigenvalue weighted by molar-refractivity contribution is 7.10. The monoisotopic (exact) mass is 254 g/mol. The van der Waals surface area contributed by atoms with Crippen molar-refractivity contribution >= 4 is 17.4 Å². The van der Waals surface area contributed by atoms with Crippen LogP contribution >= 0.6 is 11.3 Å². The quantitative estimate of drug-likeness (QED) is 0.752. The molecule has 1 heterocycles. The van der Waals surface area contributed by atoms with Gasteiger partial charge in [-0.15, -0.1) is 11.3 Å². The molecule has 2 N–H and O–H groups in total. The Bertz CT molecular complexity index is 333. The zero-order valence-corrected chi connectivity index (χ0v) is 11.7. The number of amides is 2. The third-order valence-corrected chi connectivity index (χ3v) is 3.93. The molecule has 3 nitrogen and oxygen atoms in total. The minimum absolute atomic E-state index is 0.00371. The lowest BCUT2D eigenvalue weighted by atomic mass is 9.91. The van der Waals surface area contributed by atoms with E-state index in [4.69, 9.17) is 0 Å². The smallest absolute Gasteiger partial charge is 0.314 e. The first-order valence-electron chi connectivity index (χ1n) is 6.12. The molecule has 1 aromatic rings. The Morgan fingerprint density at radius 1 is 1.41 bits per heavy atom. The molecule has 0 atom stereocenters. The van der Waals surface area contributed by atoms with Crippen LogP contribution in [-0.4, -0.2) is 19.1 Å². The predicted molar refractivity (Wildman–Crippen MR) is 73.7 cm³/mol. The topological polar surface area (TPSA) is 41.1 Å². The van der Waals surface area contributed by atoms with E-state index in [9.17, 15) is 4.79 Å². The van der Waals surface area contributed by atoms with Gasteiger partial charge in [0.25, 0.3) is 0 Å². The van der Waals surface area contributed by atoms with Crippen molar-refractivity contribution in [2.45, 2.75) is 39.0 Å². The number of rotatable bonds is 6. The number of hydrogen-bond acceptors (Lipinski definition) is 2. The molecule has 0 aliphatic carbocycles. The Morgan fingerprint density at radius 2 is 2.18 bits per heavy atom. The molecule has 0 unspecified atom stereocenters. The van der Waals surface area contributed by atoms with Crippen LogP contribution in [0.2, 0.25) is 0 Å². The van der Waals surface area contributed by atoms with Crippen LogP contribution in [-0.2, 0) is 5.41 Å². The van der Waals surface area contributed by atoms with E-state index in [1.165, 1.54) is 4.88 Å². The second-order valence-electron chi connectivity index (χ2n) is 4.82. The minimum atomic E-state index is -0.0666. The number of nitrogens with one attached hydrogen (secondary N) is 2. The van der Waals surface area contributed by atoms with Gasteiger partial charge in [-0.1, -0.05) is 33.3 Å². The van der Waals surface area contributed by atoms with Gasteiger partial charge in [0.2, 0.25) is 0 Å². The summed E-state index contributed by atoms with van der Waals surface area (Å²) in [6.07, 6.45) is 2.13. The molecule has 17 heavy (non-hydrogen) atoms. The van der Waals surface area contributed by atoms with Gasteiger partial charge in [0, 0.05) is 23.4 Å². The first kappa shape index (κ1) is 14.0. The SMILES string of the molecule is CCCCNC(=O)NCC(C)(C)c1cccs1. The lowest BCUT2D eigenvalue weighted by Gasteiger charge is -2.23. The normalized spacial score (nSPS) is 11.2. The Balaban J connectivity index is 2.32. The molecule has 1 rings (SSSR count). The maximum atomic E-state index is 11.5. The summed E-state index contributed by atoms with van der Waals surface area (Å²) in [5.41, 5.74) is -0.00371. The number of carbonyl (C=O) groups excluding carboxylic acids is 1. The summed E-state index contributed by atoms with van der Waals surface area (Å²) in [5.74, 6) is 0. The Kier molecular flexibility index (Phi) is 5.48. The van der Waals surface area contributed by atoms with E-state index in [1.54, 1.807) is 11.3 Å². The van der Waals surface area contributed by atoms with E-state index in [2.05, 4.69) is 42.9 Å². The van der Waals surface area contributed by atoms with Gasteiger partial charge in [-0.25, -0.2) is 4.79 Å². The third kappa shape index (κ3) is 4.77. The second kappa shape index (κ2) is 6.64. The number of hydrogen-bond donors (Lipinski definition) is 2. The molecule has 0 saturated carbocycles. The van der Waals surface area contributed by atoms with E-state index < -0.39 is 0 Å². The molecule has 0 spiro atoms. The molecule has 2 amide bonds. The van der Waals surface area contributed by atoms with Crippen LogP contribution in [0.1, 0.15) is 38.5 Å². The van der Waals surface area contributed by atoms with E-state index in [-0.39, 0.29) is 11.4 Å². The summed E-state index contributed by atoms with van der Waals surface area (Å²) >= 11 is 1.73. The van der Waals surface area contributed by atoms with Gasteiger partial charge in [0.15, 0.2) is 0 Å². The summed E-state index contributed by atoms with van der Waals surface area (Å²) in [6.45, 7) is 7.81. The molecule has 0 aromatic carbocycles. The average Bonchev–Trinajstić information content (AvgIpc) is 2.81. The van der Waals surface area contributed by atoms with Crippen LogP contribution in [0.5, 0.6) is 0 Å². The van der Waals surface area contributed by atoms with Gasteiger partial charge in [0.05, 0.1) is 0 Å². The van der Waals surface area contributed by atoms with E-state index in [0.29, 0.717) is 6.54 Å². The van der Waals surface area contributed by atoms with Crippen LogP contribution in [0, 0.1) is 0 Å². The number of thiophene rings is 1. The highest BCUT2D eigenvalue weighted by Crippen LogP contribution is 2.26. The molecule has 0 saturated heterocycles. The van der Waals surface area contributed by atoms with Crippen LogP contribution < -0.4 is 10.6 Å². The minimum Gasteiger partial charge on any atom is -0.338 e. The molecule has 0 fully saturated rings. The van der Waals surface area contributed by atoms with Crippen molar-refractivity contribution < 1.29 is 4.79 Å². The van der Waals surface area contributed by atoms with Gasteiger partial charge in [-0.3, -0.25) is 0 Å². The van der Waals surface area contributed by atoms with Crippen molar-refractivity contribution in [1.29, 1.82) is 0 Å². The van der Waals surface area contributed by atoms with Crippen molar-refractivity contribution in [2.75, 3.05) is 13.1 Å². The summed E-state index contributed by atoms with van der Waals surface area (Å²) in [4.78, 5) is 12.8. The predicted octanol–water partition coefficient (Wildman–Crippen LogP) is 3.13. The zero-order valence-electron chi connectivity index (χ0n) is 10.9. The fraction of sp³-hybridized carbons (Fsp3) is 0.615. The van der Waals surface area contributed by atoms with Crippen molar-refractivity contribution in [3.63, 3.8) is 0 Å². The van der Waals surface area contributed by atoms with Crippen LogP contribution in [0.3, 0.4) is 0 Å². The highest BCUT2D eigenvalue weighted by atomic mass is 32.1. The van der Waals surface area contributed by atoms with Gasteiger partial charge < -0.3 is 10.6 Å². The van der Waals surface area contributed by atoms with E-state index in [0.717, 1.165) is 19.4 Å². The maximum absolute atomic E-state index is 11.5. The molecule has 0 aliphatic heterocycles. The molecule has 0 radical (unpaired) electrons. The standard InChI is InChI=1S/C13H22N2OS/c1-4-5-8-14-12(16)15-10-13(2,3)11-7-6-9-17-11/h6-7,9H,4-5,8,10H2,1-3H3,(H2,14,15,16). The van der Waals surface area contributed by atoms with Crippen molar-refractivity contribution in [3.8, 4) is 0 Å². The van der Waals surface area contributed by atoms with Crippen molar-refractivity contribution in [1.82, 2.24) is 10.6 Å². The van der Waals surface area contributed by atoms with Crippen molar-refractivity contribution in [2.24, 2.45) is 0 Å². The molecular formula is C13H22N2OS. The summed E-state index contributed by atoms with van der Waals surface area (Å²) in [5, 5.41) is 7.85. The number of unbranched alkanes of at least 4 members (excludes halogenated alkanes) is 1. The fourth-order valence-corrected chi connectivity index (χ4v) is 2.35. The Labute approximate surface area is 108 Å². The summed E-state index contributed by atoms with van der Waals surface area (Å²) in [7, 11) is 0. The molecule has 4 heteroatoms. The van der Waals surface area contributed by atoms with Gasteiger partial charge >= 0.3 is 6.03 Å². The highest BCUT2D eigenvalue weighted by Gasteiger charge is 2.22. The zero-order chi connectivity index (χ0) is 12.7. The van der Waals surface area contributed by atoms with Crippen LogP contribution in [0.15, 0.2) is 17.5 Å². The second-order valence-corrected chi connectivity index (χ2v) is 5.77. The molecule has 0 aliphatic rings. The molecular weight excluding hydrogens is 232 g/mol. The summed E-state index contributed by atoms with van der Waals surface area (Å²) < 4.78 is 0. The molecule has 0 bridgehead atoms. The van der Waals surface area contributed by atoms with Crippen LogP contribution in [0.4, 0.5) is 4.79 Å². The number of carbonyl (C=O) groups is 1. The molecule has 96 valence electrons.